The molecule has 2 aliphatic carbocycles. The molecule has 2 aromatic heterocycles. The van der Waals surface area contributed by atoms with Gasteiger partial charge < -0.3 is 19.6 Å². The highest BCUT2D eigenvalue weighted by atomic mass is 127. The maximum Gasteiger partial charge on any atom is 0.416 e. The fraction of sp³-hybridized carbons (Fsp3) is 0.581. The number of imidazole rings is 2. The van der Waals surface area contributed by atoms with Crippen LogP contribution in [0.15, 0.2) is 30.5 Å². The molecule has 2 fully saturated rings. The van der Waals surface area contributed by atoms with Crippen molar-refractivity contribution in [2.75, 3.05) is 13.1 Å². The Balaban J connectivity index is 0.000000266. The SMILES string of the molecule is CC(C)(C)OC(=O)N1CCn2c(C3CC3)nc(I)c2C1CCc1ccc(C(F)(F)F)cc1.NCCn1cc(I)nc1C1CC1. The number of fused-ring (bicyclic) bond motifs is 1. The molecular weight excluding hydrogens is 799 g/mol. The smallest absolute Gasteiger partial charge is 0.416 e. The molecule has 2 saturated carbocycles. The minimum absolute atomic E-state index is 0.243. The molecule has 1 unspecified atom stereocenters. The maximum atomic E-state index is 13.0. The first-order chi connectivity index (χ1) is 20.7. The molecule has 0 saturated heterocycles. The van der Waals surface area contributed by atoms with Crippen LogP contribution in [-0.4, -0.2) is 48.8 Å². The van der Waals surface area contributed by atoms with E-state index in [4.69, 9.17) is 15.5 Å². The van der Waals surface area contributed by atoms with Crippen LogP contribution in [0.5, 0.6) is 0 Å². The molecule has 0 bridgehead atoms. The zero-order valence-electron chi connectivity index (χ0n) is 25.2. The van der Waals surface area contributed by atoms with E-state index < -0.39 is 17.3 Å². The predicted octanol–water partition coefficient (Wildman–Crippen LogP) is 7.63. The molecule has 3 aromatic rings. The number of amides is 1. The minimum atomic E-state index is -4.35. The van der Waals surface area contributed by atoms with E-state index in [2.05, 4.69) is 65.5 Å². The molecule has 1 atom stereocenters. The van der Waals surface area contributed by atoms with Gasteiger partial charge in [-0.25, -0.2) is 14.8 Å². The van der Waals surface area contributed by atoms with Crippen LogP contribution >= 0.6 is 45.2 Å². The van der Waals surface area contributed by atoms with Gasteiger partial charge in [0.15, 0.2) is 0 Å². The summed E-state index contributed by atoms with van der Waals surface area (Å²) in [6.45, 7) is 8.31. The topological polar surface area (TPSA) is 91.2 Å². The molecule has 2 N–H and O–H groups in total. The Morgan fingerprint density at radius 2 is 1.64 bits per heavy atom. The second kappa shape index (κ2) is 13.5. The van der Waals surface area contributed by atoms with Gasteiger partial charge in [-0.3, -0.25) is 4.90 Å². The second-order valence-electron chi connectivity index (χ2n) is 12.7. The molecule has 13 heteroatoms. The summed E-state index contributed by atoms with van der Waals surface area (Å²) in [7, 11) is 0. The van der Waals surface area contributed by atoms with Gasteiger partial charge in [-0.05, 0) is 122 Å². The molecule has 1 amide bonds. The third-order valence-electron chi connectivity index (χ3n) is 7.90. The predicted molar refractivity (Wildman–Crippen MR) is 178 cm³/mol. The number of carbonyl (C=O) groups excluding carboxylic acids is 1. The van der Waals surface area contributed by atoms with Crippen molar-refractivity contribution in [2.24, 2.45) is 5.73 Å². The Kier molecular flexibility index (Phi) is 10.2. The van der Waals surface area contributed by atoms with Gasteiger partial charge in [0.25, 0.3) is 0 Å². The van der Waals surface area contributed by atoms with Crippen molar-refractivity contribution in [2.45, 2.75) is 102 Å². The molecule has 3 aliphatic rings. The second-order valence-corrected chi connectivity index (χ2v) is 14.8. The van der Waals surface area contributed by atoms with Crippen LogP contribution in [0.2, 0.25) is 0 Å². The largest absolute Gasteiger partial charge is 0.444 e. The number of aryl methyl sites for hydroxylation is 1. The number of aromatic nitrogens is 4. The van der Waals surface area contributed by atoms with Gasteiger partial charge in [-0.2, -0.15) is 13.2 Å². The highest BCUT2D eigenvalue weighted by molar-refractivity contribution is 14.1. The molecular formula is C31H39F3I2N6O2. The lowest BCUT2D eigenvalue weighted by Gasteiger charge is -2.38. The number of hydrogen-bond acceptors (Lipinski definition) is 5. The quantitative estimate of drug-likeness (QED) is 0.248. The minimum Gasteiger partial charge on any atom is -0.444 e. The van der Waals surface area contributed by atoms with Gasteiger partial charge in [0, 0.05) is 44.2 Å². The summed E-state index contributed by atoms with van der Waals surface area (Å²) in [5.74, 6) is 3.54. The van der Waals surface area contributed by atoms with Crippen molar-refractivity contribution < 1.29 is 22.7 Å². The van der Waals surface area contributed by atoms with Crippen LogP contribution < -0.4 is 5.73 Å². The fourth-order valence-corrected chi connectivity index (χ4v) is 7.03. The van der Waals surface area contributed by atoms with Crippen molar-refractivity contribution in [1.82, 2.24) is 24.0 Å². The van der Waals surface area contributed by atoms with Crippen LogP contribution in [0, 0.1) is 7.40 Å². The van der Waals surface area contributed by atoms with Gasteiger partial charge >= 0.3 is 12.3 Å². The average Bonchev–Trinajstić information content (AvgIpc) is 3.88. The lowest BCUT2D eigenvalue weighted by molar-refractivity contribution is -0.137. The molecule has 240 valence electrons. The Morgan fingerprint density at radius 3 is 2.20 bits per heavy atom. The summed E-state index contributed by atoms with van der Waals surface area (Å²) in [5.41, 5.74) is 6.05. The van der Waals surface area contributed by atoms with Crippen LogP contribution in [0.3, 0.4) is 0 Å². The molecule has 44 heavy (non-hydrogen) atoms. The summed E-state index contributed by atoms with van der Waals surface area (Å²) < 4.78 is 50.7. The number of hydrogen-bond donors (Lipinski definition) is 1. The van der Waals surface area contributed by atoms with E-state index in [1.54, 1.807) is 4.90 Å². The molecule has 0 spiro atoms. The Hall–Kier alpha value is -1.88. The van der Waals surface area contributed by atoms with E-state index in [9.17, 15) is 18.0 Å². The molecule has 3 heterocycles. The van der Waals surface area contributed by atoms with Crippen molar-refractivity contribution in [1.29, 1.82) is 0 Å². The molecule has 1 aliphatic heterocycles. The first-order valence-corrected chi connectivity index (χ1v) is 17.2. The number of carbonyl (C=O) groups is 1. The molecule has 0 radical (unpaired) electrons. The van der Waals surface area contributed by atoms with E-state index >= 15 is 0 Å². The van der Waals surface area contributed by atoms with Crippen LogP contribution in [0.25, 0.3) is 0 Å². The van der Waals surface area contributed by atoms with Crippen molar-refractivity contribution in [3.63, 3.8) is 0 Å². The number of nitrogens with two attached hydrogens (primary N) is 1. The van der Waals surface area contributed by atoms with Gasteiger partial charge in [0.05, 0.1) is 17.3 Å². The number of nitrogens with zero attached hydrogens (tertiary/aromatic N) is 5. The van der Waals surface area contributed by atoms with Crippen molar-refractivity contribution in [3.05, 3.63) is 66.3 Å². The van der Waals surface area contributed by atoms with E-state index in [1.807, 2.05) is 20.8 Å². The van der Waals surface area contributed by atoms with Crippen molar-refractivity contribution >= 4 is 51.3 Å². The summed E-state index contributed by atoms with van der Waals surface area (Å²) in [4.78, 5) is 24.1. The summed E-state index contributed by atoms with van der Waals surface area (Å²) in [6, 6.07) is 5.01. The zero-order chi connectivity index (χ0) is 31.8. The molecule has 8 nitrogen and oxygen atoms in total. The first-order valence-electron chi connectivity index (χ1n) is 15.1. The van der Waals surface area contributed by atoms with E-state index in [1.165, 1.54) is 30.8 Å². The van der Waals surface area contributed by atoms with Gasteiger partial charge in [-0.1, -0.05) is 12.1 Å². The Morgan fingerprint density at radius 1 is 1.00 bits per heavy atom. The highest BCUT2D eigenvalue weighted by Gasteiger charge is 2.40. The van der Waals surface area contributed by atoms with Gasteiger partial charge in [0.1, 0.15) is 24.7 Å². The monoisotopic (exact) mass is 838 g/mol. The molecule has 1 aromatic carbocycles. The van der Waals surface area contributed by atoms with E-state index in [0.29, 0.717) is 38.4 Å². The van der Waals surface area contributed by atoms with Crippen LogP contribution in [0.4, 0.5) is 18.0 Å². The Labute approximate surface area is 283 Å². The number of rotatable bonds is 7. The third kappa shape index (κ3) is 8.28. The lowest BCUT2D eigenvalue weighted by Crippen LogP contribution is -2.45. The van der Waals surface area contributed by atoms with Gasteiger partial charge in [-0.15, -0.1) is 0 Å². The fourth-order valence-electron chi connectivity index (χ4n) is 5.55. The molecule has 6 rings (SSSR count). The zero-order valence-corrected chi connectivity index (χ0v) is 29.5. The maximum absolute atomic E-state index is 13.0. The van der Waals surface area contributed by atoms with E-state index in [-0.39, 0.29) is 12.1 Å². The number of alkyl halides is 3. The van der Waals surface area contributed by atoms with Gasteiger partial charge in [0.2, 0.25) is 0 Å². The summed E-state index contributed by atoms with van der Waals surface area (Å²) in [6.07, 6.45) is 3.37. The normalized spacial score (nSPS) is 18.5. The standard InChI is InChI=1S/C23H27F3IN3O2.C8H12IN3/c1-22(2,3)32-21(31)29-12-13-30-18(19(27)28-20(30)15-7-8-15)17(29)11-6-14-4-9-16(10-5-14)23(24,25)26;9-7-5-12(4-3-10)8(11-7)6-1-2-6/h4-5,9-10,15,17H,6-8,11-13H2,1-3H3;5-6H,1-4,10H2. The third-order valence-corrected chi connectivity index (χ3v) is 9.21. The number of ether oxygens (including phenoxy) is 1. The summed E-state index contributed by atoms with van der Waals surface area (Å²) >= 11 is 4.49. The van der Waals surface area contributed by atoms with Crippen LogP contribution in [-0.2, 0) is 30.4 Å². The number of halogens is 5. The van der Waals surface area contributed by atoms with Crippen molar-refractivity contribution in [3.8, 4) is 0 Å². The van der Waals surface area contributed by atoms with Crippen LogP contribution in [0.1, 0.15) is 99.2 Å². The van der Waals surface area contributed by atoms with E-state index in [0.717, 1.165) is 61.9 Å². The highest BCUT2D eigenvalue weighted by Crippen LogP contribution is 2.44. The number of benzene rings is 1. The average molecular weight is 838 g/mol. The lowest BCUT2D eigenvalue weighted by atomic mass is 9.99. The first kappa shape index (κ1) is 33.5. The summed E-state index contributed by atoms with van der Waals surface area (Å²) in [5, 5.41) is 0. The Bertz CT molecular complexity index is 1460.